The Kier molecular flexibility index (Phi) is 5.64. The summed E-state index contributed by atoms with van der Waals surface area (Å²) >= 11 is 0. The number of ether oxygens (including phenoxy) is 1. The van der Waals surface area contributed by atoms with Gasteiger partial charge in [0.25, 0.3) is 0 Å². The molecule has 0 spiro atoms. The topological polar surface area (TPSA) is 26.3 Å². The van der Waals surface area contributed by atoms with E-state index in [2.05, 4.69) is 34.7 Å². The molecule has 0 radical (unpaired) electrons. The highest BCUT2D eigenvalue weighted by molar-refractivity contribution is 5.89. The van der Waals surface area contributed by atoms with Crippen molar-refractivity contribution in [2.75, 3.05) is 13.7 Å². The van der Waals surface area contributed by atoms with Crippen LogP contribution in [0.1, 0.15) is 63.7 Å². The summed E-state index contributed by atoms with van der Waals surface area (Å²) in [5.74, 6) is 0.218. The molecule has 1 aromatic rings. The van der Waals surface area contributed by atoms with Gasteiger partial charge in [-0.05, 0) is 39.3 Å². The van der Waals surface area contributed by atoms with Crippen LogP contribution >= 0.6 is 0 Å². The van der Waals surface area contributed by atoms with Gasteiger partial charge in [-0.25, -0.2) is 4.79 Å². The van der Waals surface area contributed by atoms with E-state index in [0.29, 0.717) is 4.48 Å². The molecule has 23 heavy (non-hydrogen) atoms. The Morgan fingerprint density at radius 1 is 1.30 bits per heavy atom. The largest absolute Gasteiger partial charge is 0.378 e. The zero-order valence-electron chi connectivity index (χ0n) is 15.3. The predicted molar refractivity (Wildman–Crippen MR) is 94.4 cm³/mol. The van der Waals surface area contributed by atoms with E-state index in [1.54, 1.807) is 0 Å². The summed E-state index contributed by atoms with van der Waals surface area (Å²) in [6, 6.07) is 9.95. The van der Waals surface area contributed by atoms with Gasteiger partial charge in [0.15, 0.2) is 0 Å². The van der Waals surface area contributed by atoms with Crippen molar-refractivity contribution in [2.24, 2.45) is 0 Å². The van der Waals surface area contributed by atoms with E-state index in [0.717, 1.165) is 37.9 Å². The quantitative estimate of drug-likeness (QED) is 0.593. The molecule has 0 saturated carbocycles. The van der Waals surface area contributed by atoms with Crippen LogP contribution in [0.2, 0.25) is 0 Å². The Morgan fingerprint density at radius 2 is 1.96 bits per heavy atom. The lowest BCUT2D eigenvalue weighted by molar-refractivity contribution is -0.909. The fraction of sp³-hybridized carbons (Fsp3) is 0.650. The monoisotopic (exact) mass is 318 g/mol. The lowest BCUT2D eigenvalue weighted by Crippen LogP contribution is -2.70. The maximum Gasteiger partial charge on any atom is 0.346 e. The minimum atomic E-state index is -0.137. The van der Waals surface area contributed by atoms with Crippen LogP contribution < -0.4 is 0 Å². The number of likely N-dealkylation sites (tertiary alicyclic amines) is 1. The smallest absolute Gasteiger partial charge is 0.346 e. The summed E-state index contributed by atoms with van der Waals surface area (Å²) in [7, 11) is 2.10. The second-order valence-electron chi connectivity index (χ2n) is 7.69. The van der Waals surface area contributed by atoms with Crippen LogP contribution in [0.5, 0.6) is 0 Å². The molecule has 0 N–H and O–H groups in total. The van der Waals surface area contributed by atoms with E-state index >= 15 is 0 Å². The van der Waals surface area contributed by atoms with Gasteiger partial charge in [-0.2, -0.15) is 0 Å². The van der Waals surface area contributed by atoms with Gasteiger partial charge in [0, 0.05) is 19.4 Å². The van der Waals surface area contributed by atoms with Crippen LogP contribution in [0, 0.1) is 0 Å². The number of unbranched alkanes of at least 4 members (excludes halogenated alkanes) is 1. The van der Waals surface area contributed by atoms with Crippen molar-refractivity contribution in [3.8, 4) is 0 Å². The molecule has 0 aliphatic carbocycles. The fourth-order valence-electron chi connectivity index (χ4n) is 3.86. The number of rotatable bonds is 5. The second kappa shape index (κ2) is 7.14. The molecule has 3 unspecified atom stereocenters. The van der Waals surface area contributed by atoms with Crippen molar-refractivity contribution >= 4 is 5.91 Å². The van der Waals surface area contributed by atoms with Gasteiger partial charge in [0.05, 0.1) is 24.8 Å². The van der Waals surface area contributed by atoms with Crippen molar-refractivity contribution < 1.29 is 14.0 Å². The second-order valence-corrected chi connectivity index (χ2v) is 7.69. The summed E-state index contributed by atoms with van der Waals surface area (Å²) in [5, 5.41) is 0. The molecule has 3 atom stereocenters. The summed E-state index contributed by atoms with van der Waals surface area (Å²) in [4.78, 5) is 13.2. The number of carbonyl (C=O) groups excluding carboxylic acids is 1. The average molecular weight is 318 g/mol. The Bertz CT molecular complexity index is 526. The SMILES string of the molecule is CCCCOC1CC(C)[N+](C)(C(=O)c2ccccc2)C(C)(C)C1. The van der Waals surface area contributed by atoms with Crippen molar-refractivity contribution in [3.63, 3.8) is 0 Å². The van der Waals surface area contributed by atoms with Crippen LogP contribution in [-0.4, -0.2) is 41.7 Å². The molecule has 3 heteroatoms. The standard InChI is InChI=1S/C20H32NO2/c1-6-7-13-23-18-14-16(2)21(5,20(3,4)15-18)19(22)17-11-9-8-10-12-17/h8-12,16,18H,6-7,13-15H2,1-5H3/q+1. The molecule has 0 aromatic heterocycles. The first-order valence-corrected chi connectivity index (χ1v) is 8.90. The molecule has 3 nitrogen and oxygen atoms in total. The van der Waals surface area contributed by atoms with Crippen LogP contribution in [0.15, 0.2) is 30.3 Å². The molecular formula is C20H32NO2+. The molecule has 1 saturated heterocycles. The molecular weight excluding hydrogens is 286 g/mol. The summed E-state index contributed by atoms with van der Waals surface area (Å²) in [6.45, 7) is 9.63. The van der Waals surface area contributed by atoms with E-state index in [1.165, 1.54) is 0 Å². The van der Waals surface area contributed by atoms with Gasteiger partial charge < -0.3 is 4.74 Å². The van der Waals surface area contributed by atoms with E-state index < -0.39 is 0 Å². The highest BCUT2D eigenvalue weighted by Crippen LogP contribution is 2.40. The van der Waals surface area contributed by atoms with Gasteiger partial charge in [0.2, 0.25) is 0 Å². The normalized spacial score (nSPS) is 30.1. The number of carbonyl (C=O) groups is 1. The van der Waals surface area contributed by atoms with E-state index in [4.69, 9.17) is 4.74 Å². The predicted octanol–water partition coefficient (Wildman–Crippen LogP) is 4.42. The van der Waals surface area contributed by atoms with Crippen molar-refractivity contribution in [3.05, 3.63) is 35.9 Å². The van der Waals surface area contributed by atoms with Crippen LogP contribution in [0.3, 0.4) is 0 Å². The Hall–Kier alpha value is -1.19. The molecule has 2 rings (SSSR count). The van der Waals surface area contributed by atoms with Gasteiger partial charge in [-0.15, -0.1) is 0 Å². The lowest BCUT2D eigenvalue weighted by Gasteiger charge is -2.54. The average Bonchev–Trinajstić information content (AvgIpc) is 2.52. The molecule has 1 heterocycles. The van der Waals surface area contributed by atoms with Crippen LogP contribution in [-0.2, 0) is 4.74 Å². The molecule has 1 fully saturated rings. The van der Waals surface area contributed by atoms with Crippen LogP contribution in [0.4, 0.5) is 0 Å². The number of benzene rings is 1. The highest BCUT2D eigenvalue weighted by atomic mass is 16.5. The first kappa shape index (κ1) is 18.2. The fourth-order valence-corrected chi connectivity index (χ4v) is 3.86. The number of piperidine rings is 1. The first-order valence-electron chi connectivity index (χ1n) is 8.90. The lowest BCUT2D eigenvalue weighted by atomic mass is 9.81. The Balaban J connectivity index is 2.20. The minimum Gasteiger partial charge on any atom is -0.378 e. The molecule has 1 amide bonds. The van der Waals surface area contributed by atoms with Crippen molar-refractivity contribution in [1.29, 1.82) is 0 Å². The zero-order chi connectivity index (χ0) is 17.1. The van der Waals surface area contributed by atoms with Crippen molar-refractivity contribution in [2.45, 2.75) is 71.1 Å². The molecule has 0 bridgehead atoms. The Labute approximate surface area is 141 Å². The van der Waals surface area contributed by atoms with E-state index in [-0.39, 0.29) is 23.6 Å². The van der Waals surface area contributed by atoms with Gasteiger partial charge in [-0.1, -0.05) is 31.5 Å². The first-order chi connectivity index (χ1) is 10.8. The number of amides is 1. The third-order valence-corrected chi connectivity index (χ3v) is 5.76. The molecule has 1 aliphatic heterocycles. The maximum atomic E-state index is 13.2. The highest BCUT2D eigenvalue weighted by Gasteiger charge is 2.55. The number of hydrogen-bond acceptors (Lipinski definition) is 2. The van der Waals surface area contributed by atoms with Gasteiger partial charge in [0.1, 0.15) is 5.54 Å². The Morgan fingerprint density at radius 3 is 2.52 bits per heavy atom. The minimum absolute atomic E-state index is 0.137. The molecule has 1 aromatic carbocycles. The van der Waals surface area contributed by atoms with Gasteiger partial charge in [-0.3, -0.25) is 4.48 Å². The van der Waals surface area contributed by atoms with E-state index in [1.807, 2.05) is 30.3 Å². The van der Waals surface area contributed by atoms with E-state index in [9.17, 15) is 4.79 Å². The van der Waals surface area contributed by atoms with Crippen LogP contribution in [0.25, 0.3) is 0 Å². The third-order valence-electron chi connectivity index (χ3n) is 5.76. The number of quaternary nitrogens is 1. The molecule has 128 valence electrons. The van der Waals surface area contributed by atoms with Crippen molar-refractivity contribution in [1.82, 2.24) is 0 Å². The zero-order valence-corrected chi connectivity index (χ0v) is 15.3. The number of hydrogen-bond donors (Lipinski definition) is 0. The number of nitrogens with zero attached hydrogens (tertiary/aromatic N) is 1. The summed E-state index contributed by atoms with van der Waals surface area (Å²) in [5.41, 5.74) is 0.668. The summed E-state index contributed by atoms with van der Waals surface area (Å²) < 4.78 is 6.54. The summed E-state index contributed by atoms with van der Waals surface area (Å²) in [6.07, 6.45) is 4.41. The van der Waals surface area contributed by atoms with Gasteiger partial charge >= 0.3 is 5.91 Å². The maximum absolute atomic E-state index is 13.2. The third kappa shape index (κ3) is 3.51. The molecule has 1 aliphatic rings.